The second-order valence-electron chi connectivity index (χ2n) is 5.23. The van der Waals surface area contributed by atoms with Crippen molar-refractivity contribution in [2.75, 3.05) is 18.8 Å². The number of nitrogens with zero attached hydrogens (tertiary/aromatic N) is 1. The van der Waals surface area contributed by atoms with E-state index in [1.165, 1.54) is 0 Å². The molecule has 1 unspecified atom stereocenters. The fourth-order valence-electron chi connectivity index (χ4n) is 2.51. The standard InChI is InChI=1S/C14H20N2O2S2/c1-11-3-2-8-16(11)9-10-20(17,18)13-6-4-12(5-7-13)14(15)19/h4-7,11H,2-3,8-10H2,1H3,(H2,15,19). The zero-order valence-electron chi connectivity index (χ0n) is 11.6. The third-order valence-electron chi connectivity index (χ3n) is 3.84. The molecule has 1 aromatic rings. The summed E-state index contributed by atoms with van der Waals surface area (Å²) in [7, 11) is -3.24. The predicted molar refractivity (Wildman–Crippen MR) is 84.7 cm³/mol. The summed E-state index contributed by atoms with van der Waals surface area (Å²) >= 11 is 4.86. The van der Waals surface area contributed by atoms with E-state index in [0.717, 1.165) is 19.4 Å². The van der Waals surface area contributed by atoms with Crippen LogP contribution in [-0.2, 0) is 9.84 Å². The lowest BCUT2D eigenvalue weighted by atomic mass is 10.2. The van der Waals surface area contributed by atoms with Crippen LogP contribution in [0.5, 0.6) is 0 Å². The van der Waals surface area contributed by atoms with Crippen LogP contribution in [0.1, 0.15) is 25.3 Å². The van der Waals surface area contributed by atoms with Gasteiger partial charge in [-0.3, -0.25) is 4.90 Å². The van der Waals surface area contributed by atoms with Crippen molar-refractivity contribution in [1.82, 2.24) is 4.90 Å². The molecule has 20 heavy (non-hydrogen) atoms. The zero-order valence-corrected chi connectivity index (χ0v) is 13.2. The third kappa shape index (κ3) is 3.56. The summed E-state index contributed by atoms with van der Waals surface area (Å²) < 4.78 is 24.6. The Balaban J connectivity index is 2.04. The van der Waals surface area contributed by atoms with Gasteiger partial charge in [-0.25, -0.2) is 8.42 Å². The molecule has 0 aliphatic carbocycles. The van der Waals surface area contributed by atoms with Gasteiger partial charge < -0.3 is 5.73 Å². The number of rotatable bonds is 5. The SMILES string of the molecule is CC1CCCN1CCS(=O)(=O)c1ccc(C(N)=S)cc1. The monoisotopic (exact) mass is 312 g/mol. The summed E-state index contributed by atoms with van der Waals surface area (Å²) in [6, 6.07) is 6.97. The minimum atomic E-state index is -3.24. The number of benzene rings is 1. The Kier molecular flexibility index (Phi) is 4.78. The van der Waals surface area contributed by atoms with E-state index in [1.54, 1.807) is 24.3 Å². The number of sulfone groups is 1. The molecule has 0 radical (unpaired) electrons. The molecule has 0 saturated carbocycles. The van der Waals surface area contributed by atoms with Gasteiger partial charge in [0.15, 0.2) is 9.84 Å². The first-order chi connectivity index (χ1) is 9.40. The average Bonchev–Trinajstić information content (AvgIpc) is 2.82. The molecule has 2 rings (SSSR count). The second kappa shape index (κ2) is 6.20. The molecule has 1 aromatic carbocycles. The summed E-state index contributed by atoms with van der Waals surface area (Å²) in [5, 5.41) is 0. The average molecular weight is 312 g/mol. The maximum atomic E-state index is 12.3. The van der Waals surface area contributed by atoms with Crippen molar-refractivity contribution in [2.45, 2.75) is 30.7 Å². The van der Waals surface area contributed by atoms with Crippen molar-refractivity contribution in [2.24, 2.45) is 5.73 Å². The van der Waals surface area contributed by atoms with Gasteiger partial charge in [-0.1, -0.05) is 24.4 Å². The molecule has 0 spiro atoms. The molecular formula is C14H20N2O2S2. The minimum absolute atomic E-state index is 0.157. The van der Waals surface area contributed by atoms with Crippen LogP contribution in [0.3, 0.4) is 0 Å². The highest BCUT2D eigenvalue weighted by Crippen LogP contribution is 2.18. The molecule has 1 aliphatic heterocycles. The quantitative estimate of drug-likeness (QED) is 0.836. The summed E-state index contributed by atoms with van der Waals surface area (Å²) in [5.74, 6) is 0.157. The van der Waals surface area contributed by atoms with E-state index in [0.29, 0.717) is 23.0 Å². The van der Waals surface area contributed by atoms with Gasteiger partial charge in [0.05, 0.1) is 10.6 Å². The van der Waals surface area contributed by atoms with Crippen molar-refractivity contribution in [1.29, 1.82) is 0 Å². The molecule has 110 valence electrons. The molecule has 4 nitrogen and oxygen atoms in total. The third-order valence-corrected chi connectivity index (χ3v) is 5.78. The van der Waals surface area contributed by atoms with Crippen LogP contribution in [0.15, 0.2) is 29.2 Å². The highest BCUT2D eigenvalue weighted by molar-refractivity contribution is 7.91. The molecule has 1 saturated heterocycles. The van der Waals surface area contributed by atoms with Gasteiger partial charge in [0.25, 0.3) is 0 Å². The lowest BCUT2D eigenvalue weighted by Gasteiger charge is -2.20. The molecule has 2 N–H and O–H groups in total. The Hall–Kier alpha value is -0.980. The van der Waals surface area contributed by atoms with Crippen molar-refractivity contribution in [3.05, 3.63) is 29.8 Å². The van der Waals surface area contributed by atoms with Crippen LogP contribution in [-0.4, -0.2) is 43.2 Å². The van der Waals surface area contributed by atoms with Gasteiger partial charge >= 0.3 is 0 Å². The summed E-state index contributed by atoms with van der Waals surface area (Å²) in [6.07, 6.45) is 2.31. The Morgan fingerprint density at radius 3 is 2.55 bits per heavy atom. The summed E-state index contributed by atoms with van der Waals surface area (Å²) in [5.41, 5.74) is 6.19. The van der Waals surface area contributed by atoms with Gasteiger partial charge in [-0.15, -0.1) is 0 Å². The fraction of sp³-hybridized carbons (Fsp3) is 0.500. The molecule has 1 aliphatic rings. The largest absolute Gasteiger partial charge is 0.389 e. The molecule has 1 fully saturated rings. The highest BCUT2D eigenvalue weighted by atomic mass is 32.2. The van der Waals surface area contributed by atoms with Crippen molar-refractivity contribution in [3.8, 4) is 0 Å². The highest BCUT2D eigenvalue weighted by Gasteiger charge is 2.23. The minimum Gasteiger partial charge on any atom is -0.389 e. The first-order valence-corrected chi connectivity index (χ1v) is 8.83. The van der Waals surface area contributed by atoms with Gasteiger partial charge in [-0.05, 0) is 38.4 Å². The number of thiocarbonyl (C=S) groups is 1. The molecule has 1 heterocycles. The summed E-state index contributed by atoms with van der Waals surface area (Å²) in [4.78, 5) is 2.85. The molecular weight excluding hydrogens is 292 g/mol. The lowest BCUT2D eigenvalue weighted by Crippen LogP contribution is -2.31. The predicted octanol–water partition coefficient (Wildman–Crippen LogP) is 1.58. The maximum absolute atomic E-state index is 12.3. The van der Waals surface area contributed by atoms with E-state index in [9.17, 15) is 8.42 Å². The van der Waals surface area contributed by atoms with Crippen LogP contribution >= 0.6 is 12.2 Å². The van der Waals surface area contributed by atoms with E-state index >= 15 is 0 Å². The van der Waals surface area contributed by atoms with Crippen molar-refractivity contribution < 1.29 is 8.42 Å². The topological polar surface area (TPSA) is 63.4 Å². The molecule has 0 aromatic heterocycles. The smallest absolute Gasteiger partial charge is 0.179 e. The Morgan fingerprint density at radius 1 is 1.40 bits per heavy atom. The first kappa shape index (κ1) is 15.4. The number of hydrogen-bond donors (Lipinski definition) is 1. The normalized spacial score (nSPS) is 20.1. The number of hydrogen-bond acceptors (Lipinski definition) is 4. The van der Waals surface area contributed by atoms with Crippen molar-refractivity contribution in [3.63, 3.8) is 0 Å². The summed E-state index contributed by atoms with van der Waals surface area (Å²) in [6.45, 7) is 3.74. The fourth-order valence-corrected chi connectivity index (χ4v) is 3.90. The van der Waals surface area contributed by atoms with E-state index in [1.807, 2.05) is 0 Å². The van der Waals surface area contributed by atoms with Gasteiger partial charge in [-0.2, -0.15) is 0 Å². The molecule has 6 heteroatoms. The van der Waals surface area contributed by atoms with Gasteiger partial charge in [0.1, 0.15) is 4.99 Å². The van der Waals surface area contributed by atoms with Crippen LogP contribution in [0.2, 0.25) is 0 Å². The molecule has 0 bridgehead atoms. The zero-order chi connectivity index (χ0) is 14.8. The van der Waals surface area contributed by atoms with Crippen LogP contribution in [0, 0.1) is 0 Å². The van der Waals surface area contributed by atoms with Gasteiger partial charge in [0, 0.05) is 18.2 Å². The first-order valence-electron chi connectivity index (χ1n) is 6.77. The van der Waals surface area contributed by atoms with Gasteiger partial charge in [0.2, 0.25) is 0 Å². The Labute approximate surface area is 125 Å². The van der Waals surface area contributed by atoms with Crippen LogP contribution < -0.4 is 5.73 Å². The van der Waals surface area contributed by atoms with E-state index in [2.05, 4.69) is 11.8 Å². The Morgan fingerprint density at radius 2 is 2.05 bits per heavy atom. The number of likely N-dealkylation sites (tertiary alicyclic amines) is 1. The van der Waals surface area contributed by atoms with Crippen LogP contribution in [0.25, 0.3) is 0 Å². The van der Waals surface area contributed by atoms with Crippen LogP contribution in [0.4, 0.5) is 0 Å². The second-order valence-corrected chi connectivity index (χ2v) is 7.78. The Bertz CT molecular complexity index is 582. The molecule has 1 atom stereocenters. The maximum Gasteiger partial charge on any atom is 0.179 e. The van der Waals surface area contributed by atoms with E-state index in [4.69, 9.17) is 18.0 Å². The number of nitrogens with two attached hydrogens (primary N) is 1. The van der Waals surface area contributed by atoms with Crippen molar-refractivity contribution >= 4 is 27.0 Å². The van der Waals surface area contributed by atoms with E-state index in [-0.39, 0.29) is 10.7 Å². The molecule has 0 amide bonds. The van der Waals surface area contributed by atoms with E-state index < -0.39 is 9.84 Å². The lowest BCUT2D eigenvalue weighted by molar-refractivity contribution is 0.284.